The molecule has 0 aromatic heterocycles. The molecule has 15 heavy (non-hydrogen) atoms. The summed E-state index contributed by atoms with van der Waals surface area (Å²) in [7, 11) is 0. The van der Waals surface area contributed by atoms with Crippen molar-refractivity contribution < 1.29 is 4.74 Å². The second-order valence-corrected chi connectivity index (χ2v) is 5.39. The van der Waals surface area contributed by atoms with E-state index in [1.54, 1.807) is 0 Å². The van der Waals surface area contributed by atoms with Crippen LogP contribution in [0.3, 0.4) is 0 Å². The third kappa shape index (κ3) is 1.86. The number of hydrogen-bond acceptors (Lipinski definition) is 3. The summed E-state index contributed by atoms with van der Waals surface area (Å²) in [6.45, 7) is 0. The van der Waals surface area contributed by atoms with Gasteiger partial charge in [-0.1, -0.05) is 12.1 Å². The Morgan fingerprint density at radius 2 is 2.13 bits per heavy atom. The van der Waals surface area contributed by atoms with Gasteiger partial charge in [-0.15, -0.1) is 11.8 Å². The van der Waals surface area contributed by atoms with Crippen LogP contribution in [-0.2, 0) is 0 Å². The van der Waals surface area contributed by atoms with E-state index in [9.17, 15) is 0 Å². The lowest BCUT2D eigenvalue weighted by Gasteiger charge is -2.29. The van der Waals surface area contributed by atoms with Crippen LogP contribution in [0.15, 0.2) is 29.2 Å². The number of rotatable bonds is 2. The lowest BCUT2D eigenvalue weighted by molar-refractivity contribution is 0.174. The van der Waals surface area contributed by atoms with Crippen LogP contribution in [0.5, 0.6) is 5.75 Å². The summed E-state index contributed by atoms with van der Waals surface area (Å²) in [5.41, 5.74) is 6.17. The third-order valence-electron chi connectivity index (χ3n) is 3.13. The summed E-state index contributed by atoms with van der Waals surface area (Å²) in [6.07, 6.45) is 2.78. The van der Waals surface area contributed by atoms with Gasteiger partial charge in [-0.3, -0.25) is 0 Å². The zero-order valence-electron chi connectivity index (χ0n) is 8.56. The highest BCUT2D eigenvalue weighted by atomic mass is 32.2. The number of para-hydroxylation sites is 1. The van der Waals surface area contributed by atoms with Crippen molar-refractivity contribution >= 4 is 11.8 Å². The molecular weight excluding hydrogens is 206 g/mol. The minimum atomic E-state index is 0.206. The Balaban J connectivity index is 1.76. The lowest BCUT2D eigenvalue weighted by atomic mass is 10.1. The van der Waals surface area contributed by atoms with Gasteiger partial charge in [0.25, 0.3) is 0 Å². The van der Waals surface area contributed by atoms with E-state index in [-0.39, 0.29) is 12.1 Å². The highest BCUT2D eigenvalue weighted by Crippen LogP contribution is 2.40. The topological polar surface area (TPSA) is 35.2 Å². The summed E-state index contributed by atoms with van der Waals surface area (Å²) >= 11 is 1.87. The van der Waals surface area contributed by atoms with Crippen LogP contribution in [-0.4, -0.2) is 17.9 Å². The molecule has 1 aliphatic carbocycles. The number of fused-ring (bicyclic) bond motifs is 1. The standard InChI is InChI=1S/C12H15NOS/c13-12(8-5-6-8)10-7-15-11-4-2-1-3-9(11)14-10/h1-4,8,10,12H,5-7,13H2. The van der Waals surface area contributed by atoms with Crippen molar-refractivity contribution in [1.29, 1.82) is 0 Å². The van der Waals surface area contributed by atoms with Crippen molar-refractivity contribution in [3.8, 4) is 5.75 Å². The van der Waals surface area contributed by atoms with Gasteiger partial charge in [0.1, 0.15) is 11.9 Å². The zero-order valence-corrected chi connectivity index (χ0v) is 9.37. The summed E-state index contributed by atoms with van der Waals surface area (Å²) in [4.78, 5) is 1.25. The lowest BCUT2D eigenvalue weighted by Crippen LogP contribution is -2.43. The molecule has 80 valence electrons. The van der Waals surface area contributed by atoms with Gasteiger partial charge in [0.15, 0.2) is 0 Å². The molecule has 1 saturated carbocycles. The van der Waals surface area contributed by atoms with Crippen LogP contribution < -0.4 is 10.5 Å². The first-order valence-electron chi connectivity index (χ1n) is 5.48. The average molecular weight is 221 g/mol. The SMILES string of the molecule is NC(C1CC1)C1CSc2ccccc2O1. The van der Waals surface area contributed by atoms with E-state index in [0.29, 0.717) is 5.92 Å². The van der Waals surface area contributed by atoms with E-state index < -0.39 is 0 Å². The molecule has 0 bridgehead atoms. The number of ether oxygens (including phenoxy) is 1. The van der Waals surface area contributed by atoms with Gasteiger partial charge < -0.3 is 10.5 Å². The fourth-order valence-electron chi connectivity index (χ4n) is 2.01. The second-order valence-electron chi connectivity index (χ2n) is 4.33. The molecule has 1 aliphatic heterocycles. The van der Waals surface area contributed by atoms with Gasteiger partial charge in [-0.25, -0.2) is 0 Å². The molecule has 0 saturated heterocycles. The van der Waals surface area contributed by atoms with Gasteiger partial charge in [-0.2, -0.15) is 0 Å². The molecule has 2 atom stereocenters. The maximum Gasteiger partial charge on any atom is 0.133 e. The molecule has 1 fully saturated rings. The minimum absolute atomic E-state index is 0.206. The molecule has 3 heteroatoms. The molecule has 0 spiro atoms. The molecule has 1 aromatic carbocycles. The van der Waals surface area contributed by atoms with Crippen LogP contribution in [0, 0.1) is 5.92 Å². The van der Waals surface area contributed by atoms with Crippen molar-refractivity contribution in [3.05, 3.63) is 24.3 Å². The Labute approximate surface area is 94.2 Å². The van der Waals surface area contributed by atoms with Crippen molar-refractivity contribution in [2.45, 2.75) is 29.9 Å². The number of benzene rings is 1. The Morgan fingerprint density at radius 1 is 1.33 bits per heavy atom. The fraction of sp³-hybridized carbons (Fsp3) is 0.500. The zero-order chi connectivity index (χ0) is 10.3. The normalized spacial score (nSPS) is 26.6. The second kappa shape index (κ2) is 3.72. The van der Waals surface area contributed by atoms with E-state index in [0.717, 1.165) is 11.5 Å². The van der Waals surface area contributed by atoms with Gasteiger partial charge >= 0.3 is 0 Å². The summed E-state index contributed by atoms with van der Waals surface area (Å²) in [5.74, 6) is 2.71. The molecule has 3 rings (SSSR count). The molecular formula is C12H15NOS. The quantitative estimate of drug-likeness (QED) is 0.832. The molecule has 2 N–H and O–H groups in total. The maximum absolute atomic E-state index is 6.17. The number of hydrogen-bond donors (Lipinski definition) is 1. The van der Waals surface area contributed by atoms with E-state index in [1.165, 1.54) is 17.7 Å². The molecule has 2 aliphatic rings. The molecule has 2 nitrogen and oxygen atoms in total. The predicted molar refractivity (Wildman–Crippen MR) is 62.3 cm³/mol. The smallest absolute Gasteiger partial charge is 0.133 e. The highest BCUT2D eigenvalue weighted by Gasteiger charge is 2.36. The van der Waals surface area contributed by atoms with Crippen molar-refractivity contribution in [2.75, 3.05) is 5.75 Å². The molecule has 0 amide bonds. The molecule has 0 radical (unpaired) electrons. The van der Waals surface area contributed by atoms with E-state index in [4.69, 9.17) is 10.5 Å². The van der Waals surface area contributed by atoms with Crippen molar-refractivity contribution in [2.24, 2.45) is 11.7 Å². The number of nitrogens with two attached hydrogens (primary N) is 1. The van der Waals surface area contributed by atoms with Crippen LogP contribution in [0.25, 0.3) is 0 Å². The third-order valence-corrected chi connectivity index (χ3v) is 4.27. The van der Waals surface area contributed by atoms with E-state index >= 15 is 0 Å². The van der Waals surface area contributed by atoms with E-state index in [2.05, 4.69) is 12.1 Å². The van der Waals surface area contributed by atoms with Gasteiger partial charge in [0.05, 0.1) is 0 Å². The van der Waals surface area contributed by atoms with E-state index in [1.807, 2.05) is 23.9 Å². The summed E-state index contributed by atoms with van der Waals surface area (Å²) in [6, 6.07) is 8.44. The van der Waals surface area contributed by atoms with Gasteiger partial charge in [0, 0.05) is 16.7 Å². The first-order valence-corrected chi connectivity index (χ1v) is 6.47. The summed E-state index contributed by atoms with van der Waals surface area (Å²) < 4.78 is 5.95. The fourth-order valence-corrected chi connectivity index (χ4v) is 3.08. The molecule has 2 unspecified atom stereocenters. The van der Waals surface area contributed by atoms with Gasteiger partial charge in [-0.05, 0) is 30.9 Å². The van der Waals surface area contributed by atoms with Gasteiger partial charge in [0.2, 0.25) is 0 Å². The Kier molecular flexibility index (Phi) is 2.37. The largest absolute Gasteiger partial charge is 0.487 e. The van der Waals surface area contributed by atoms with Crippen molar-refractivity contribution in [3.63, 3.8) is 0 Å². The number of thioether (sulfide) groups is 1. The minimum Gasteiger partial charge on any atom is -0.487 e. The molecule has 1 heterocycles. The Bertz CT molecular complexity index is 364. The van der Waals surface area contributed by atoms with Crippen molar-refractivity contribution in [1.82, 2.24) is 0 Å². The van der Waals surface area contributed by atoms with Crippen LogP contribution in [0.1, 0.15) is 12.8 Å². The highest BCUT2D eigenvalue weighted by molar-refractivity contribution is 7.99. The van der Waals surface area contributed by atoms with Crippen LogP contribution in [0.4, 0.5) is 0 Å². The van der Waals surface area contributed by atoms with Crippen LogP contribution in [0.2, 0.25) is 0 Å². The average Bonchev–Trinajstić information content (AvgIpc) is 3.11. The Morgan fingerprint density at radius 3 is 2.93 bits per heavy atom. The first-order chi connectivity index (χ1) is 7.34. The maximum atomic E-state index is 6.17. The Hall–Kier alpha value is -0.670. The first kappa shape index (κ1) is 9.55. The molecule has 1 aromatic rings. The predicted octanol–water partition coefficient (Wildman–Crippen LogP) is 2.28. The van der Waals surface area contributed by atoms with Crippen LogP contribution >= 0.6 is 11.8 Å². The monoisotopic (exact) mass is 221 g/mol. The summed E-state index contributed by atoms with van der Waals surface area (Å²) in [5, 5.41) is 0.